The van der Waals surface area contributed by atoms with Crippen LogP contribution in [0.15, 0.2) is 54.6 Å². The molecular formula is C21H22N4O2. The monoisotopic (exact) mass is 362 g/mol. The Balaban J connectivity index is 1.67. The van der Waals surface area contributed by atoms with Gasteiger partial charge in [0.25, 0.3) is 5.91 Å². The lowest BCUT2D eigenvalue weighted by Gasteiger charge is -2.06. The third kappa shape index (κ3) is 4.61. The van der Waals surface area contributed by atoms with Gasteiger partial charge in [0.05, 0.1) is 6.42 Å². The average molecular weight is 362 g/mol. The SMILES string of the molecule is Cc1ccc(NC(=O)c2cc(NC(=O)Cc3ccccc3)n(C)n2)cc1C. The standard InChI is InChI=1S/C21H22N4O2/c1-14-9-10-17(11-15(14)2)22-21(27)18-13-19(25(3)24-18)23-20(26)12-16-7-5-4-6-8-16/h4-11,13H,12H2,1-3H3,(H,22,27)(H,23,26). The molecule has 0 atom stereocenters. The van der Waals surface area contributed by atoms with Gasteiger partial charge in [-0.15, -0.1) is 0 Å². The van der Waals surface area contributed by atoms with Gasteiger partial charge in [-0.2, -0.15) is 5.10 Å². The second-order valence-corrected chi connectivity index (χ2v) is 6.50. The van der Waals surface area contributed by atoms with Crippen molar-refractivity contribution in [3.8, 4) is 0 Å². The fourth-order valence-corrected chi connectivity index (χ4v) is 2.68. The van der Waals surface area contributed by atoms with Crippen LogP contribution in [0, 0.1) is 13.8 Å². The number of hydrogen-bond acceptors (Lipinski definition) is 3. The molecule has 2 N–H and O–H groups in total. The van der Waals surface area contributed by atoms with E-state index >= 15 is 0 Å². The van der Waals surface area contributed by atoms with Crippen molar-refractivity contribution in [1.29, 1.82) is 0 Å². The molecule has 0 saturated carbocycles. The Morgan fingerprint density at radius 3 is 2.41 bits per heavy atom. The van der Waals surface area contributed by atoms with Crippen molar-refractivity contribution in [3.05, 3.63) is 77.0 Å². The van der Waals surface area contributed by atoms with Crippen molar-refractivity contribution < 1.29 is 9.59 Å². The second-order valence-electron chi connectivity index (χ2n) is 6.50. The van der Waals surface area contributed by atoms with Gasteiger partial charge in [-0.05, 0) is 42.7 Å². The molecule has 138 valence electrons. The van der Waals surface area contributed by atoms with Gasteiger partial charge >= 0.3 is 0 Å². The number of aromatic nitrogens is 2. The molecule has 0 fully saturated rings. The van der Waals surface area contributed by atoms with Crippen molar-refractivity contribution in [2.45, 2.75) is 20.3 Å². The highest BCUT2D eigenvalue weighted by molar-refractivity contribution is 6.04. The summed E-state index contributed by atoms with van der Waals surface area (Å²) in [6, 6.07) is 16.8. The Kier molecular flexibility index (Phi) is 5.35. The fraction of sp³-hybridized carbons (Fsp3) is 0.190. The first-order valence-corrected chi connectivity index (χ1v) is 8.69. The predicted molar refractivity (Wildman–Crippen MR) is 106 cm³/mol. The molecule has 27 heavy (non-hydrogen) atoms. The van der Waals surface area contributed by atoms with Gasteiger partial charge < -0.3 is 10.6 Å². The smallest absolute Gasteiger partial charge is 0.276 e. The zero-order chi connectivity index (χ0) is 19.4. The third-order valence-corrected chi connectivity index (χ3v) is 4.35. The van der Waals surface area contributed by atoms with Crippen LogP contribution >= 0.6 is 0 Å². The fourth-order valence-electron chi connectivity index (χ4n) is 2.68. The summed E-state index contributed by atoms with van der Waals surface area (Å²) in [5.41, 5.74) is 4.14. The number of anilines is 2. The Hall–Kier alpha value is -3.41. The Bertz CT molecular complexity index is 977. The van der Waals surface area contributed by atoms with Crippen LogP contribution in [0.1, 0.15) is 27.2 Å². The van der Waals surface area contributed by atoms with Gasteiger partial charge in [-0.1, -0.05) is 36.4 Å². The van der Waals surface area contributed by atoms with Gasteiger partial charge in [0, 0.05) is 18.8 Å². The lowest BCUT2D eigenvalue weighted by Crippen LogP contribution is -2.16. The van der Waals surface area contributed by atoms with E-state index < -0.39 is 0 Å². The molecule has 0 bridgehead atoms. The molecule has 3 aromatic rings. The first-order valence-electron chi connectivity index (χ1n) is 8.69. The first-order chi connectivity index (χ1) is 12.9. The maximum Gasteiger partial charge on any atom is 0.276 e. The molecule has 6 nitrogen and oxygen atoms in total. The van der Waals surface area contributed by atoms with E-state index in [1.165, 1.54) is 4.68 Å². The predicted octanol–water partition coefficient (Wildman–Crippen LogP) is 3.47. The van der Waals surface area contributed by atoms with Gasteiger partial charge in [0.1, 0.15) is 5.82 Å². The van der Waals surface area contributed by atoms with Crippen LogP contribution in [-0.2, 0) is 18.3 Å². The number of aryl methyl sites for hydroxylation is 3. The molecule has 2 amide bonds. The minimum Gasteiger partial charge on any atom is -0.321 e. The molecular weight excluding hydrogens is 340 g/mol. The van der Waals surface area contributed by atoms with Gasteiger partial charge in [0.2, 0.25) is 5.91 Å². The summed E-state index contributed by atoms with van der Waals surface area (Å²) in [6.45, 7) is 4.01. The van der Waals surface area contributed by atoms with Crippen molar-refractivity contribution in [2.24, 2.45) is 7.05 Å². The number of amides is 2. The highest BCUT2D eigenvalue weighted by Crippen LogP contribution is 2.16. The number of rotatable bonds is 5. The summed E-state index contributed by atoms with van der Waals surface area (Å²) in [5, 5.41) is 9.83. The maximum absolute atomic E-state index is 12.5. The Labute approximate surface area is 158 Å². The van der Waals surface area contributed by atoms with Gasteiger partial charge in [0.15, 0.2) is 5.69 Å². The van der Waals surface area contributed by atoms with Gasteiger partial charge in [-0.25, -0.2) is 0 Å². The number of hydrogen-bond donors (Lipinski definition) is 2. The number of carbonyl (C=O) groups is 2. The van der Waals surface area contributed by atoms with Crippen LogP contribution in [0.2, 0.25) is 0 Å². The molecule has 1 heterocycles. The molecule has 2 aromatic carbocycles. The molecule has 0 aliphatic rings. The van der Waals surface area contributed by atoms with E-state index in [2.05, 4.69) is 15.7 Å². The van der Waals surface area contributed by atoms with E-state index in [0.29, 0.717) is 11.5 Å². The molecule has 0 radical (unpaired) electrons. The van der Waals surface area contributed by atoms with Crippen LogP contribution in [0.5, 0.6) is 0 Å². The summed E-state index contributed by atoms with van der Waals surface area (Å²) in [7, 11) is 1.69. The molecule has 6 heteroatoms. The second kappa shape index (κ2) is 7.86. The molecule has 0 saturated heterocycles. The molecule has 0 aliphatic carbocycles. The number of benzene rings is 2. The van der Waals surface area contributed by atoms with E-state index in [4.69, 9.17) is 0 Å². The largest absolute Gasteiger partial charge is 0.321 e. The highest BCUT2D eigenvalue weighted by Gasteiger charge is 2.15. The van der Waals surface area contributed by atoms with E-state index in [1.54, 1.807) is 13.1 Å². The molecule has 0 aliphatic heterocycles. The zero-order valence-corrected chi connectivity index (χ0v) is 15.6. The van der Waals surface area contributed by atoms with Crippen LogP contribution in [0.4, 0.5) is 11.5 Å². The normalized spacial score (nSPS) is 10.5. The third-order valence-electron chi connectivity index (χ3n) is 4.35. The van der Waals surface area contributed by atoms with Crippen LogP contribution in [0.25, 0.3) is 0 Å². The summed E-state index contributed by atoms with van der Waals surface area (Å²) >= 11 is 0. The van der Waals surface area contributed by atoms with E-state index in [1.807, 2.05) is 62.4 Å². The quantitative estimate of drug-likeness (QED) is 0.730. The summed E-state index contributed by atoms with van der Waals surface area (Å²) in [4.78, 5) is 24.7. The zero-order valence-electron chi connectivity index (χ0n) is 15.6. The number of nitrogens with one attached hydrogen (secondary N) is 2. The van der Waals surface area contributed by atoms with E-state index in [-0.39, 0.29) is 23.9 Å². The summed E-state index contributed by atoms with van der Waals surface area (Å²) in [6.07, 6.45) is 0.260. The average Bonchev–Trinajstić information content (AvgIpc) is 2.99. The van der Waals surface area contributed by atoms with Crippen LogP contribution < -0.4 is 10.6 Å². The minimum absolute atomic E-state index is 0.162. The lowest BCUT2D eigenvalue weighted by molar-refractivity contribution is -0.115. The van der Waals surface area contributed by atoms with Crippen LogP contribution in [0.3, 0.4) is 0 Å². The minimum atomic E-state index is -0.322. The maximum atomic E-state index is 12.5. The summed E-state index contributed by atoms with van der Waals surface area (Å²) in [5.74, 6) is -0.0103. The number of carbonyl (C=O) groups excluding carboxylic acids is 2. The highest BCUT2D eigenvalue weighted by atomic mass is 16.2. The van der Waals surface area contributed by atoms with E-state index in [0.717, 1.165) is 16.7 Å². The molecule has 0 unspecified atom stereocenters. The van der Waals surface area contributed by atoms with Crippen molar-refractivity contribution in [2.75, 3.05) is 10.6 Å². The van der Waals surface area contributed by atoms with Crippen LogP contribution in [-0.4, -0.2) is 21.6 Å². The van der Waals surface area contributed by atoms with Crippen molar-refractivity contribution in [1.82, 2.24) is 9.78 Å². The molecule has 1 aromatic heterocycles. The molecule has 0 spiro atoms. The number of nitrogens with zero attached hydrogens (tertiary/aromatic N) is 2. The van der Waals surface area contributed by atoms with Crippen molar-refractivity contribution in [3.63, 3.8) is 0 Å². The summed E-state index contributed by atoms with van der Waals surface area (Å²) < 4.78 is 1.48. The Morgan fingerprint density at radius 1 is 0.963 bits per heavy atom. The topological polar surface area (TPSA) is 76.0 Å². The first kappa shape index (κ1) is 18.4. The van der Waals surface area contributed by atoms with Gasteiger partial charge in [-0.3, -0.25) is 14.3 Å². The van der Waals surface area contributed by atoms with Crippen molar-refractivity contribution >= 4 is 23.3 Å². The lowest BCUT2D eigenvalue weighted by atomic mass is 10.1. The van der Waals surface area contributed by atoms with E-state index in [9.17, 15) is 9.59 Å². The Morgan fingerprint density at radius 2 is 1.70 bits per heavy atom. The molecule has 3 rings (SSSR count).